The normalized spacial score (nSPS) is 16.5. The number of hydrazone groups is 1. The molecule has 33 heavy (non-hydrogen) atoms. The van der Waals surface area contributed by atoms with Crippen LogP contribution in [-0.4, -0.2) is 35.4 Å². The molecule has 0 radical (unpaired) electrons. The molecule has 3 aromatic rings. The number of hydrogen-bond acceptors (Lipinski definition) is 7. The van der Waals surface area contributed by atoms with Gasteiger partial charge in [-0.15, -0.1) is 11.3 Å². The van der Waals surface area contributed by atoms with Gasteiger partial charge in [0.1, 0.15) is 10.9 Å². The molecule has 8 nitrogen and oxygen atoms in total. The van der Waals surface area contributed by atoms with Crippen molar-refractivity contribution in [2.45, 2.75) is 46.1 Å². The molecule has 1 amide bonds. The lowest BCUT2D eigenvalue weighted by Gasteiger charge is -2.18. The van der Waals surface area contributed by atoms with E-state index in [9.17, 15) is 9.59 Å². The highest BCUT2D eigenvalue weighted by molar-refractivity contribution is 7.18. The number of ether oxygens (including phenoxy) is 2. The molecule has 9 heteroatoms. The third-order valence-electron chi connectivity index (χ3n) is 5.91. The number of benzene rings is 1. The molecule has 1 aliphatic rings. The van der Waals surface area contributed by atoms with Gasteiger partial charge in [-0.3, -0.25) is 14.2 Å². The monoisotopic (exact) mass is 468 g/mol. The minimum Gasteiger partial charge on any atom is -0.493 e. The smallest absolute Gasteiger partial charge is 0.263 e. The quantitative estimate of drug-likeness (QED) is 0.421. The summed E-state index contributed by atoms with van der Waals surface area (Å²) in [7, 11) is 1.57. The molecule has 1 aromatic carbocycles. The third kappa shape index (κ3) is 4.64. The Morgan fingerprint density at radius 2 is 2.24 bits per heavy atom. The van der Waals surface area contributed by atoms with Crippen LogP contribution in [0.4, 0.5) is 0 Å². The fourth-order valence-corrected chi connectivity index (χ4v) is 5.39. The van der Waals surface area contributed by atoms with Crippen LogP contribution in [0.15, 0.2) is 34.4 Å². The molecule has 0 spiro atoms. The van der Waals surface area contributed by atoms with Gasteiger partial charge in [-0.1, -0.05) is 6.92 Å². The van der Waals surface area contributed by atoms with E-state index in [1.807, 2.05) is 13.0 Å². The van der Waals surface area contributed by atoms with Crippen LogP contribution in [0.3, 0.4) is 0 Å². The van der Waals surface area contributed by atoms with Gasteiger partial charge >= 0.3 is 0 Å². The summed E-state index contributed by atoms with van der Waals surface area (Å²) in [5.41, 5.74) is 4.19. The number of nitrogens with zero attached hydrogens (tertiary/aromatic N) is 3. The zero-order valence-electron chi connectivity index (χ0n) is 19.3. The van der Waals surface area contributed by atoms with Crippen LogP contribution in [-0.2, 0) is 17.6 Å². The number of aryl methyl sites for hydroxylation is 1. The molecular formula is C24H28N4O4S. The van der Waals surface area contributed by atoms with E-state index >= 15 is 0 Å². The van der Waals surface area contributed by atoms with Crippen molar-refractivity contribution < 1.29 is 14.3 Å². The zero-order valence-corrected chi connectivity index (χ0v) is 20.1. The van der Waals surface area contributed by atoms with Crippen molar-refractivity contribution in [2.24, 2.45) is 11.0 Å². The van der Waals surface area contributed by atoms with Gasteiger partial charge in [0.2, 0.25) is 0 Å². The Balaban J connectivity index is 1.50. The van der Waals surface area contributed by atoms with Gasteiger partial charge in [-0.2, -0.15) is 5.10 Å². The van der Waals surface area contributed by atoms with Crippen molar-refractivity contribution in [1.82, 2.24) is 15.0 Å². The fraction of sp³-hybridized carbons (Fsp3) is 0.417. The summed E-state index contributed by atoms with van der Waals surface area (Å²) in [6.07, 6.45) is 5.91. The maximum atomic E-state index is 13.2. The molecule has 2 atom stereocenters. The lowest BCUT2D eigenvalue weighted by atomic mass is 9.89. The zero-order chi connectivity index (χ0) is 23.5. The molecule has 0 fully saturated rings. The van der Waals surface area contributed by atoms with Crippen LogP contribution in [0.25, 0.3) is 10.2 Å². The Morgan fingerprint density at radius 1 is 1.42 bits per heavy atom. The van der Waals surface area contributed by atoms with Crippen molar-refractivity contribution in [1.29, 1.82) is 0 Å². The lowest BCUT2D eigenvalue weighted by Crippen LogP contribution is -2.34. The van der Waals surface area contributed by atoms with Gasteiger partial charge < -0.3 is 9.47 Å². The van der Waals surface area contributed by atoms with Crippen LogP contribution in [0.5, 0.6) is 11.5 Å². The van der Waals surface area contributed by atoms with Crippen molar-refractivity contribution >= 4 is 33.7 Å². The number of thiophene rings is 1. The first-order valence-corrected chi connectivity index (χ1v) is 11.9. The van der Waals surface area contributed by atoms with Gasteiger partial charge in [0, 0.05) is 4.88 Å². The van der Waals surface area contributed by atoms with Gasteiger partial charge in [-0.25, -0.2) is 10.4 Å². The minimum atomic E-state index is -0.750. The van der Waals surface area contributed by atoms with Crippen LogP contribution >= 0.6 is 11.3 Å². The standard InChI is InChI=1S/C24H28N4O4S/c1-5-32-18-9-7-16(11-19(18)31-4)12-26-27-22(29)15(3)28-13-25-23-21(24(28)30)17-8-6-14(2)10-20(17)33-23/h7,9,11-15H,5-6,8,10H2,1-4H3,(H,27,29)/b26-12-/t14-,15+/m0/s1. The summed E-state index contributed by atoms with van der Waals surface area (Å²) in [6.45, 7) is 6.33. The molecule has 2 heterocycles. The van der Waals surface area contributed by atoms with E-state index < -0.39 is 11.9 Å². The average molecular weight is 469 g/mol. The summed E-state index contributed by atoms with van der Waals surface area (Å²) in [4.78, 5) is 32.4. The van der Waals surface area contributed by atoms with Crippen molar-refractivity contribution in [2.75, 3.05) is 13.7 Å². The number of nitrogens with one attached hydrogen (secondary N) is 1. The van der Waals surface area contributed by atoms with E-state index in [2.05, 4.69) is 22.4 Å². The number of hydrogen-bond donors (Lipinski definition) is 1. The number of amides is 1. The second-order valence-electron chi connectivity index (χ2n) is 8.24. The molecule has 0 bridgehead atoms. The Labute approximate surface area is 196 Å². The molecule has 0 saturated carbocycles. The van der Waals surface area contributed by atoms with Gasteiger partial charge in [0.15, 0.2) is 11.5 Å². The van der Waals surface area contributed by atoms with E-state index in [1.165, 1.54) is 22.0 Å². The second-order valence-corrected chi connectivity index (χ2v) is 9.33. The Hall–Kier alpha value is -3.20. The summed E-state index contributed by atoms with van der Waals surface area (Å²) in [6, 6.07) is 4.62. The number of aromatic nitrogens is 2. The third-order valence-corrected chi connectivity index (χ3v) is 7.08. The summed E-state index contributed by atoms with van der Waals surface area (Å²) < 4.78 is 12.2. The molecule has 0 saturated heterocycles. The molecular weight excluding hydrogens is 440 g/mol. The maximum Gasteiger partial charge on any atom is 0.263 e. The molecule has 0 aliphatic heterocycles. The predicted molar refractivity (Wildman–Crippen MR) is 130 cm³/mol. The predicted octanol–water partition coefficient (Wildman–Crippen LogP) is 3.70. The summed E-state index contributed by atoms with van der Waals surface area (Å²) in [5, 5.41) is 4.71. The van der Waals surface area contributed by atoms with Crippen molar-refractivity contribution in [3.8, 4) is 11.5 Å². The topological polar surface area (TPSA) is 94.8 Å². The Kier molecular flexibility index (Phi) is 6.78. The highest BCUT2D eigenvalue weighted by atomic mass is 32.1. The lowest BCUT2D eigenvalue weighted by molar-refractivity contribution is -0.123. The summed E-state index contributed by atoms with van der Waals surface area (Å²) in [5.74, 6) is 1.44. The summed E-state index contributed by atoms with van der Waals surface area (Å²) >= 11 is 1.60. The van der Waals surface area contributed by atoms with E-state index in [4.69, 9.17) is 9.47 Å². The molecule has 2 aromatic heterocycles. The number of methoxy groups -OCH3 is 1. The average Bonchev–Trinajstić information content (AvgIpc) is 3.18. The molecule has 0 unspecified atom stereocenters. The first kappa shape index (κ1) is 23.0. The SMILES string of the molecule is CCOc1ccc(/C=N\NC(=O)[C@@H](C)n2cnc3sc4c(c3c2=O)CC[C@H](C)C4)cc1OC. The number of carbonyl (C=O) groups excluding carboxylic acids is 1. The largest absolute Gasteiger partial charge is 0.493 e. The van der Waals surface area contributed by atoms with Gasteiger partial charge in [0.05, 0.1) is 31.6 Å². The Bertz CT molecular complexity index is 1260. The van der Waals surface area contributed by atoms with Crippen molar-refractivity contribution in [3.05, 3.63) is 50.9 Å². The van der Waals surface area contributed by atoms with E-state index in [0.29, 0.717) is 29.4 Å². The molecule has 174 valence electrons. The van der Waals surface area contributed by atoms with Crippen LogP contribution < -0.4 is 20.5 Å². The van der Waals surface area contributed by atoms with Crippen LogP contribution in [0.1, 0.15) is 49.2 Å². The highest BCUT2D eigenvalue weighted by Gasteiger charge is 2.25. The van der Waals surface area contributed by atoms with Gasteiger partial charge in [0.25, 0.3) is 11.5 Å². The van der Waals surface area contributed by atoms with E-state index in [1.54, 1.807) is 37.5 Å². The number of fused-ring (bicyclic) bond motifs is 3. The highest BCUT2D eigenvalue weighted by Crippen LogP contribution is 2.35. The van der Waals surface area contributed by atoms with Gasteiger partial charge in [-0.05, 0) is 68.4 Å². The molecule has 4 rings (SSSR count). The van der Waals surface area contributed by atoms with Crippen LogP contribution in [0, 0.1) is 5.92 Å². The second kappa shape index (κ2) is 9.74. The Morgan fingerprint density at radius 3 is 3.00 bits per heavy atom. The van der Waals surface area contributed by atoms with Crippen LogP contribution in [0.2, 0.25) is 0 Å². The molecule has 1 aliphatic carbocycles. The van der Waals surface area contributed by atoms with E-state index in [0.717, 1.165) is 35.2 Å². The first-order chi connectivity index (χ1) is 15.9. The fourth-order valence-electron chi connectivity index (χ4n) is 4.05. The minimum absolute atomic E-state index is 0.171. The first-order valence-electron chi connectivity index (χ1n) is 11.1. The number of carbonyl (C=O) groups is 1. The van der Waals surface area contributed by atoms with E-state index in [-0.39, 0.29) is 5.56 Å². The maximum absolute atomic E-state index is 13.2. The van der Waals surface area contributed by atoms with Crippen molar-refractivity contribution in [3.63, 3.8) is 0 Å². The molecule has 1 N–H and O–H groups in total. The number of rotatable bonds is 7.